The minimum atomic E-state index is -0.306. The summed E-state index contributed by atoms with van der Waals surface area (Å²) in [6.45, 7) is -0.0852. The van der Waals surface area contributed by atoms with E-state index in [1.165, 1.54) is 0 Å². The number of thioether (sulfide) groups is 1. The number of fused-ring (bicyclic) bond motifs is 1. The number of carbonyl (C=O) groups excluding carboxylic acids is 2. The summed E-state index contributed by atoms with van der Waals surface area (Å²) in [5.74, 6) is -0.398. The summed E-state index contributed by atoms with van der Waals surface area (Å²) in [5, 5.41) is 3.54. The number of benzene rings is 3. The topological polar surface area (TPSA) is 49.4 Å². The molecule has 0 bridgehead atoms. The molecule has 152 valence electrons. The summed E-state index contributed by atoms with van der Waals surface area (Å²) in [7, 11) is 0. The Kier molecular flexibility index (Phi) is 6.32. The highest BCUT2D eigenvalue weighted by atomic mass is 35.5. The number of halogens is 2. The zero-order valence-electron chi connectivity index (χ0n) is 15.8. The fourth-order valence-electron chi connectivity index (χ4n) is 3.32. The third-order valence-electron chi connectivity index (χ3n) is 4.76. The molecule has 1 aliphatic rings. The van der Waals surface area contributed by atoms with Gasteiger partial charge in [-0.05, 0) is 35.9 Å². The van der Waals surface area contributed by atoms with Crippen LogP contribution in [0, 0.1) is 0 Å². The van der Waals surface area contributed by atoms with Crippen molar-refractivity contribution in [2.24, 2.45) is 0 Å². The third kappa shape index (κ3) is 4.64. The number of carbonyl (C=O) groups is 2. The first-order chi connectivity index (χ1) is 14.5. The predicted octanol–water partition coefficient (Wildman–Crippen LogP) is 6.20. The molecule has 1 heterocycles. The van der Waals surface area contributed by atoms with Crippen LogP contribution in [0.1, 0.15) is 17.2 Å². The largest absolute Gasteiger partial charge is 0.324 e. The van der Waals surface area contributed by atoms with Gasteiger partial charge in [0.2, 0.25) is 11.8 Å². The van der Waals surface area contributed by atoms with Crippen molar-refractivity contribution < 1.29 is 9.59 Å². The molecule has 30 heavy (non-hydrogen) atoms. The SMILES string of the molecule is O=C(CN1C(=O)CC(c2ccccc2)Sc2ccccc21)Nc1ccc(Cl)c(Cl)c1. The average Bonchev–Trinajstić information content (AvgIpc) is 2.88. The average molecular weight is 457 g/mol. The van der Waals surface area contributed by atoms with Gasteiger partial charge in [0.05, 0.1) is 15.7 Å². The monoisotopic (exact) mass is 456 g/mol. The molecule has 1 N–H and O–H groups in total. The number of hydrogen-bond donors (Lipinski definition) is 1. The third-order valence-corrected chi connectivity index (χ3v) is 6.82. The number of nitrogens with one attached hydrogen (secondary N) is 1. The standard InChI is InChI=1S/C23H18Cl2N2O2S/c24-17-11-10-16(12-18(17)25)26-22(28)14-27-19-8-4-5-9-20(19)30-21(13-23(27)29)15-6-2-1-3-7-15/h1-12,21H,13-14H2,(H,26,28). The Morgan fingerprint density at radius 2 is 1.73 bits per heavy atom. The van der Waals surface area contributed by atoms with Gasteiger partial charge in [0, 0.05) is 22.3 Å². The van der Waals surface area contributed by atoms with E-state index in [2.05, 4.69) is 5.32 Å². The van der Waals surface area contributed by atoms with E-state index >= 15 is 0 Å². The highest BCUT2D eigenvalue weighted by Gasteiger charge is 2.30. The second-order valence-corrected chi connectivity index (χ2v) is 8.90. The maximum absolute atomic E-state index is 13.1. The number of para-hydroxylation sites is 1. The van der Waals surface area contributed by atoms with E-state index in [1.807, 2.05) is 54.6 Å². The molecule has 0 saturated heterocycles. The molecule has 1 atom stereocenters. The van der Waals surface area contributed by atoms with Crippen molar-refractivity contribution in [2.45, 2.75) is 16.6 Å². The van der Waals surface area contributed by atoms with Gasteiger partial charge < -0.3 is 10.2 Å². The van der Waals surface area contributed by atoms with E-state index in [4.69, 9.17) is 23.2 Å². The molecule has 4 rings (SSSR count). The fourth-order valence-corrected chi connectivity index (χ4v) is 4.90. The minimum absolute atomic E-state index is 0.0111. The van der Waals surface area contributed by atoms with Crippen LogP contribution in [0.4, 0.5) is 11.4 Å². The van der Waals surface area contributed by atoms with Crippen molar-refractivity contribution in [3.05, 3.63) is 88.4 Å². The summed E-state index contributed by atoms with van der Waals surface area (Å²) in [4.78, 5) is 28.4. The lowest BCUT2D eigenvalue weighted by molar-refractivity contribution is -0.121. The van der Waals surface area contributed by atoms with Crippen molar-refractivity contribution in [1.29, 1.82) is 0 Å². The van der Waals surface area contributed by atoms with E-state index in [0.29, 0.717) is 22.2 Å². The second kappa shape index (κ2) is 9.13. The molecule has 7 heteroatoms. The molecule has 1 aliphatic heterocycles. The van der Waals surface area contributed by atoms with Gasteiger partial charge in [-0.15, -0.1) is 11.8 Å². The molecular formula is C23H18Cl2N2O2S. The van der Waals surface area contributed by atoms with Crippen LogP contribution in [0.25, 0.3) is 0 Å². The molecule has 0 radical (unpaired) electrons. The highest BCUT2D eigenvalue weighted by Crippen LogP contribution is 2.45. The molecule has 0 saturated carbocycles. The lowest BCUT2D eigenvalue weighted by Gasteiger charge is -2.22. The highest BCUT2D eigenvalue weighted by molar-refractivity contribution is 7.99. The predicted molar refractivity (Wildman–Crippen MR) is 124 cm³/mol. The van der Waals surface area contributed by atoms with Gasteiger partial charge in [-0.3, -0.25) is 9.59 Å². The van der Waals surface area contributed by atoms with E-state index in [-0.39, 0.29) is 23.6 Å². The lowest BCUT2D eigenvalue weighted by Crippen LogP contribution is -2.38. The Balaban J connectivity index is 1.57. The zero-order chi connectivity index (χ0) is 21.1. The van der Waals surface area contributed by atoms with Crippen molar-refractivity contribution in [2.75, 3.05) is 16.8 Å². The summed E-state index contributed by atoms with van der Waals surface area (Å²) >= 11 is 13.6. The molecule has 3 aromatic rings. The normalized spacial score (nSPS) is 16.0. The zero-order valence-corrected chi connectivity index (χ0v) is 18.2. The van der Waals surface area contributed by atoms with E-state index in [1.54, 1.807) is 34.9 Å². The summed E-state index contributed by atoms with van der Waals surface area (Å²) < 4.78 is 0. The molecular weight excluding hydrogens is 439 g/mol. The molecule has 0 aliphatic carbocycles. The Hall–Kier alpha value is -2.47. The first-order valence-corrected chi connectivity index (χ1v) is 11.0. The van der Waals surface area contributed by atoms with Crippen LogP contribution in [0.3, 0.4) is 0 Å². The van der Waals surface area contributed by atoms with Gasteiger partial charge >= 0.3 is 0 Å². The van der Waals surface area contributed by atoms with Crippen LogP contribution in [-0.2, 0) is 9.59 Å². The van der Waals surface area contributed by atoms with Crippen LogP contribution in [0.2, 0.25) is 10.0 Å². The summed E-state index contributed by atoms with van der Waals surface area (Å²) in [6.07, 6.45) is 0.309. The molecule has 3 aromatic carbocycles. The molecule has 0 spiro atoms. The van der Waals surface area contributed by atoms with Gasteiger partial charge in [0.25, 0.3) is 0 Å². The minimum Gasteiger partial charge on any atom is -0.324 e. The first-order valence-electron chi connectivity index (χ1n) is 9.37. The lowest BCUT2D eigenvalue weighted by atomic mass is 10.1. The van der Waals surface area contributed by atoms with Crippen molar-refractivity contribution >= 4 is 58.2 Å². The van der Waals surface area contributed by atoms with E-state index in [0.717, 1.165) is 16.1 Å². The molecule has 0 aromatic heterocycles. The quantitative estimate of drug-likeness (QED) is 0.507. The number of nitrogens with zero attached hydrogens (tertiary/aromatic N) is 1. The number of rotatable bonds is 4. The fraction of sp³-hybridized carbons (Fsp3) is 0.130. The number of amides is 2. The summed E-state index contributed by atoms with van der Waals surface area (Å²) in [6, 6.07) is 22.5. The molecule has 1 unspecified atom stereocenters. The second-order valence-electron chi connectivity index (χ2n) is 6.85. The number of hydrogen-bond acceptors (Lipinski definition) is 3. The van der Waals surface area contributed by atoms with Gasteiger partial charge in [0.1, 0.15) is 6.54 Å². The Bertz CT molecular complexity index is 1090. The van der Waals surface area contributed by atoms with Crippen molar-refractivity contribution in [1.82, 2.24) is 0 Å². The van der Waals surface area contributed by atoms with Crippen LogP contribution in [0.5, 0.6) is 0 Å². The van der Waals surface area contributed by atoms with E-state index in [9.17, 15) is 9.59 Å². The Morgan fingerprint density at radius 3 is 2.50 bits per heavy atom. The van der Waals surface area contributed by atoms with Gasteiger partial charge in [-0.1, -0.05) is 65.7 Å². The Morgan fingerprint density at radius 1 is 1.00 bits per heavy atom. The Labute approximate surface area is 189 Å². The molecule has 4 nitrogen and oxygen atoms in total. The van der Waals surface area contributed by atoms with Gasteiger partial charge in [0.15, 0.2) is 0 Å². The van der Waals surface area contributed by atoms with Crippen molar-refractivity contribution in [3.63, 3.8) is 0 Å². The summed E-state index contributed by atoms with van der Waals surface area (Å²) in [5.41, 5.74) is 2.37. The first kappa shape index (κ1) is 20.8. The van der Waals surface area contributed by atoms with Crippen molar-refractivity contribution in [3.8, 4) is 0 Å². The number of anilines is 2. The van der Waals surface area contributed by atoms with Crippen LogP contribution < -0.4 is 10.2 Å². The smallest absolute Gasteiger partial charge is 0.244 e. The van der Waals surface area contributed by atoms with Gasteiger partial charge in [-0.2, -0.15) is 0 Å². The maximum Gasteiger partial charge on any atom is 0.244 e. The van der Waals surface area contributed by atoms with E-state index < -0.39 is 0 Å². The van der Waals surface area contributed by atoms with Crippen LogP contribution >= 0.6 is 35.0 Å². The maximum atomic E-state index is 13.1. The molecule has 2 amide bonds. The van der Waals surface area contributed by atoms with Crippen LogP contribution in [-0.4, -0.2) is 18.4 Å². The van der Waals surface area contributed by atoms with Crippen LogP contribution in [0.15, 0.2) is 77.7 Å². The van der Waals surface area contributed by atoms with Gasteiger partial charge in [-0.25, -0.2) is 0 Å². The molecule has 0 fully saturated rings.